The molecular formula is C18H14Cl2N6O. The predicted octanol–water partition coefficient (Wildman–Crippen LogP) is 3.57. The van der Waals surface area contributed by atoms with Crippen molar-refractivity contribution in [2.24, 2.45) is 5.10 Å². The molecule has 0 aliphatic carbocycles. The van der Waals surface area contributed by atoms with Crippen molar-refractivity contribution >= 4 is 40.8 Å². The molecule has 2 aromatic heterocycles. The van der Waals surface area contributed by atoms with Gasteiger partial charge < -0.3 is 5.73 Å². The van der Waals surface area contributed by atoms with Crippen LogP contribution in [0.25, 0.3) is 22.4 Å². The minimum absolute atomic E-state index is 0.113. The third-order valence-electron chi connectivity index (χ3n) is 4.15. The number of anilines is 1. The molecule has 1 aromatic carbocycles. The van der Waals surface area contributed by atoms with E-state index >= 15 is 0 Å². The van der Waals surface area contributed by atoms with Crippen LogP contribution in [0.2, 0.25) is 10.0 Å². The van der Waals surface area contributed by atoms with Gasteiger partial charge in [0.1, 0.15) is 11.5 Å². The molecule has 3 heterocycles. The summed E-state index contributed by atoms with van der Waals surface area (Å²) in [6, 6.07) is 8.95. The van der Waals surface area contributed by atoms with Gasteiger partial charge in [-0.2, -0.15) is 10.2 Å². The van der Waals surface area contributed by atoms with E-state index in [-0.39, 0.29) is 5.91 Å². The second-order valence-corrected chi connectivity index (χ2v) is 6.81. The number of halogens is 2. The van der Waals surface area contributed by atoms with Gasteiger partial charge in [-0.05, 0) is 29.8 Å². The summed E-state index contributed by atoms with van der Waals surface area (Å²) in [7, 11) is 0. The first kappa shape index (κ1) is 17.5. The Morgan fingerprint density at radius 1 is 1.07 bits per heavy atom. The fraction of sp³-hybridized carbons (Fsp3) is 0.111. The lowest BCUT2D eigenvalue weighted by molar-refractivity contribution is -0.121. The smallest absolute Gasteiger partial charge is 0.240 e. The number of nitrogen functional groups attached to an aromatic ring is 1. The molecule has 0 fully saturated rings. The summed E-state index contributed by atoms with van der Waals surface area (Å²) >= 11 is 12.2. The first-order chi connectivity index (χ1) is 13.0. The van der Waals surface area contributed by atoms with Crippen molar-refractivity contribution in [2.45, 2.75) is 12.8 Å². The number of pyridine rings is 1. The molecule has 3 aromatic rings. The Balaban J connectivity index is 1.87. The number of carbonyl (C=O) groups is 1. The van der Waals surface area contributed by atoms with Crippen LogP contribution in [-0.2, 0) is 4.79 Å². The average Bonchev–Trinajstić information content (AvgIpc) is 3.10. The average molecular weight is 401 g/mol. The van der Waals surface area contributed by atoms with Crippen molar-refractivity contribution in [3.8, 4) is 22.4 Å². The molecule has 1 aliphatic rings. The van der Waals surface area contributed by atoms with Gasteiger partial charge >= 0.3 is 0 Å². The van der Waals surface area contributed by atoms with Gasteiger partial charge in [0.25, 0.3) is 0 Å². The lowest BCUT2D eigenvalue weighted by Crippen LogP contribution is -2.29. The predicted molar refractivity (Wildman–Crippen MR) is 106 cm³/mol. The SMILES string of the molecule is Nc1cc(-c2cn(C3=NNC(=O)CC3)nc2-c2ccc(Cl)c(Cl)c2)ccn1. The number of hydrogen-bond acceptors (Lipinski definition) is 5. The first-order valence-electron chi connectivity index (χ1n) is 8.14. The van der Waals surface area contributed by atoms with E-state index in [1.54, 1.807) is 29.1 Å². The standard InChI is InChI=1S/C18H14Cl2N6O/c19-13-2-1-11(7-14(13)20)18-12(10-5-6-22-15(21)8-10)9-26(25-18)16-3-4-17(27)24-23-16/h1-2,5-9H,3-4H2,(H2,21,22)(H,24,27). The van der Waals surface area contributed by atoms with E-state index in [1.807, 2.05) is 18.3 Å². The Morgan fingerprint density at radius 2 is 1.93 bits per heavy atom. The third-order valence-corrected chi connectivity index (χ3v) is 4.89. The minimum Gasteiger partial charge on any atom is -0.384 e. The second kappa shape index (κ2) is 7.02. The van der Waals surface area contributed by atoms with E-state index in [0.29, 0.717) is 40.2 Å². The number of aromatic nitrogens is 3. The topological polar surface area (TPSA) is 98.2 Å². The zero-order valence-corrected chi connectivity index (χ0v) is 15.5. The fourth-order valence-corrected chi connectivity index (χ4v) is 3.12. The molecule has 9 heteroatoms. The van der Waals surface area contributed by atoms with Crippen LogP contribution in [0.5, 0.6) is 0 Å². The van der Waals surface area contributed by atoms with E-state index in [4.69, 9.17) is 28.9 Å². The molecule has 0 saturated carbocycles. The molecule has 0 unspecified atom stereocenters. The molecule has 27 heavy (non-hydrogen) atoms. The largest absolute Gasteiger partial charge is 0.384 e. The third kappa shape index (κ3) is 3.51. The van der Waals surface area contributed by atoms with Gasteiger partial charge in [0, 0.05) is 36.4 Å². The number of hydrogen-bond donors (Lipinski definition) is 2. The van der Waals surface area contributed by atoms with E-state index in [9.17, 15) is 4.79 Å². The van der Waals surface area contributed by atoms with Crippen molar-refractivity contribution in [1.82, 2.24) is 20.2 Å². The zero-order chi connectivity index (χ0) is 19.0. The summed E-state index contributed by atoms with van der Waals surface area (Å²) in [5.74, 6) is 0.935. The molecule has 0 saturated heterocycles. The molecule has 1 amide bonds. The van der Waals surface area contributed by atoms with Crippen molar-refractivity contribution in [2.75, 3.05) is 5.73 Å². The molecule has 3 N–H and O–H groups in total. The Morgan fingerprint density at radius 3 is 2.63 bits per heavy atom. The summed E-state index contributed by atoms with van der Waals surface area (Å²) in [5.41, 5.74) is 11.5. The van der Waals surface area contributed by atoms with Crippen molar-refractivity contribution in [3.05, 3.63) is 52.8 Å². The monoisotopic (exact) mass is 400 g/mol. The molecule has 4 rings (SSSR count). The molecular weight excluding hydrogens is 387 g/mol. The van der Waals surface area contributed by atoms with Crippen molar-refractivity contribution in [1.29, 1.82) is 0 Å². The Bertz CT molecular complexity index is 1080. The van der Waals surface area contributed by atoms with Crippen LogP contribution in [0.1, 0.15) is 12.8 Å². The maximum absolute atomic E-state index is 11.4. The maximum atomic E-state index is 11.4. The van der Waals surface area contributed by atoms with Crippen LogP contribution < -0.4 is 11.2 Å². The number of hydrazone groups is 1. The lowest BCUT2D eigenvalue weighted by atomic mass is 10.0. The molecule has 7 nitrogen and oxygen atoms in total. The molecule has 1 aliphatic heterocycles. The van der Waals surface area contributed by atoms with Gasteiger partial charge in [0.05, 0.1) is 10.0 Å². The quantitative estimate of drug-likeness (QED) is 0.686. The number of benzene rings is 1. The Hall–Kier alpha value is -2.90. The maximum Gasteiger partial charge on any atom is 0.240 e. The van der Waals surface area contributed by atoms with E-state index in [0.717, 1.165) is 16.7 Å². The molecule has 136 valence electrons. The summed E-state index contributed by atoms with van der Waals surface area (Å²) < 4.78 is 1.66. The lowest BCUT2D eigenvalue weighted by Gasteiger charge is -2.11. The highest BCUT2D eigenvalue weighted by atomic mass is 35.5. The van der Waals surface area contributed by atoms with E-state index in [2.05, 4.69) is 20.6 Å². The number of nitrogens with zero attached hydrogens (tertiary/aromatic N) is 4. The summed E-state index contributed by atoms with van der Waals surface area (Å²) in [6.07, 6.45) is 4.34. The summed E-state index contributed by atoms with van der Waals surface area (Å²) in [6.45, 7) is 0. The van der Waals surface area contributed by atoms with Gasteiger partial charge in [0.15, 0.2) is 5.84 Å². The first-order valence-corrected chi connectivity index (χ1v) is 8.89. The van der Waals surface area contributed by atoms with Gasteiger partial charge in [-0.25, -0.2) is 15.1 Å². The van der Waals surface area contributed by atoms with Crippen molar-refractivity contribution in [3.63, 3.8) is 0 Å². The van der Waals surface area contributed by atoms with Crippen LogP contribution in [0.15, 0.2) is 47.8 Å². The second-order valence-electron chi connectivity index (χ2n) is 6.00. The van der Waals surface area contributed by atoms with Gasteiger partial charge in [-0.15, -0.1) is 0 Å². The van der Waals surface area contributed by atoms with Crippen molar-refractivity contribution < 1.29 is 4.79 Å². The normalized spacial score (nSPS) is 14.0. The van der Waals surface area contributed by atoms with E-state index in [1.165, 1.54) is 0 Å². The van der Waals surface area contributed by atoms with Gasteiger partial charge in [-0.1, -0.05) is 29.3 Å². The summed E-state index contributed by atoms with van der Waals surface area (Å²) in [5, 5.41) is 9.69. The zero-order valence-electron chi connectivity index (χ0n) is 14.0. The Labute approximate surface area is 164 Å². The fourth-order valence-electron chi connectivity index (χ4n) is 2.82. The molecule has 0 bridgehead atoms. The summed E-state index contributed by atoms with van der Waals surface area (Å²) in [4.78, 5) is 15.4. The van der Waals surface area contributed by atoms with Crippen LogP contribution in [0, 0.1) is 0 Å². The van der Waals surface area contributed by atoms with Crippen LogP contribution >= 0.6 is 23.2 Å². The minimum atomic E-state index is -0.113. The van der Waals surface area contributed by atoms with Gasteiger partial charge in [-0.3, -0.25) is 4.79 Å². The van der Waals surface area contributed by atoms with Crippen LogP contribution in [0.3, 0.4) is 0 Å². The number of nitrogens with one attached hydrogen (secondary N) is 1. The molecule has 0 radical (unpaired) electrons. The highest BCUT2D eigenvalue weighted by Crippen LogP contribution is 2.34. The van der Waals surface area contributed by atoms with E-state index < -0.39 is 0 Å². The molecule has 0 spiro atoms. The highest BCUT2D eigenvalue weighted by Gasteiger charge is 2.19. The number of nitrogens with two attached hydrogens (primary N) is 1. The number of amides is 1. The highest BCUT2D eigenvalue weighted by molar-refractivity contribution is 6.42. The van der Waals surface area contributed by atoms with Crippen LogP contribution in [-0.4, -0.2) is 26.5 Å². The van der Waals surface area contributed by atoms with Crippen LogP contribution in [0.4, 0.5) is 5.82 Å². The Kier molecular flexibility index (Phi) is 4.55. The van der Waals surface area contributed by atoms with Gasteiger partial charge in [0.2, 0.25) is 5.91 Å². The molecule has 0 atom stereocenters. The number of rotatable bonds is 2. The number of carbonyl (C=O) groups excluding carboxylic acids is 1.